The van der Waals surface area contributed by atoms with Gasteiger partial charge in [-0.1, -0.05) is 0 Å². The van der Waals surface area contributed by atoms with Crippen LogP contribution in [-0.2, 0) is 16.6 Å². The van der Waals surface area contributed by atoms with Crippen molar-refractivity contribution in [3.63, 3.8) is 0 Å². The molecule has 0 saturated carbocycles. The molecule has 6 nitrogen and oxygen atoms in total. The third-order valence-electron chi connectivity index (χ3n) is 3.02. The normalized spacial score (nSPS) is 11.4. The second-order valence-electron chi connectivity index (χ2n) is 5.34. The lowest BCUT2D eigenvalue weighted by Crippen LogP contribution is -2.30. The van der Waals surface area contributed by atoms with Crippen molar-refractivity contribution in [2.45, 2.75) is 31.3 Å². The number of nitrogens with one attached hydrogen (secondary N) is 2. The molecule has 2 rings (SSSR count). The summed E-state index contributed by atoms with van der Waals surface area (Å²) in [7, 11) is -3.55. The van der Waals surface area contributed by atoms with Gasteiger partial charge in [-0.05, 0) is 55.8 Å². The van der Waals surface area contributed by atoms with Crippen molar-refractivity contribution in [2.75, 3.05) is 0 Å². The van der Waals surface area contributed by atoms with Gasteiger partial charge in [0, 0.05) is 30.5 Å². The number of nitrogens with zero attached hydrogens (tertiary/aromatic N) is 1. The van der Waals surface area contributed by atoms with E-state index in [1.807, 2.05) is 12.1 Å². The molecule has 0 fully saturated rings. The van der Waals surface area contributed by atoms with Crippen molar-refractivity contribution in [1.29, 1.82) is 0 Å². The molecule has 1 aromatic carbocycles. The summed E-state index contributed by atoms with van der Waals surface area (Å²) in [5, 5.41) is 2.77. The van der Waals surface area contributed by atoms with E-state index in [2.05, 4.69) is 15.0 Å². The number of carbonyl (C=O) groups is 1. The summed E-state index contributed by atoms with van der Waals surface area (Å²) in [5.41, 5.74) is 1.34. The highest BCUT2D eigenvalue weighted by Crippen LogP contribution is 2.11. The fourth-order valence-electron chi connectivity index (χ4n) is 1.95. The first-order valence-corrected chi connectivity index (χ1v) is 8.66. The quantitative estimate of drug-likeness (QED) is 0.842. The Bertz CT molecular complexity index is 757. The largest absolute Gasteiger partial charge is 0.348 e. The number of aromatic nitrogens is 1. The van der Waals surface area contributed by atoms with Crippen LogP contribution < -0.4 is 10.0 Å². The Morgan fingerprint density at radius 3 is 2.26 bits per heavy atom. The first kappa shape index (κ1) is 17.1. The number of benzene rings is 1. The lowest BCUT2D eigenvalue weighted by Gasteiger charge is -2.10. The van der Waals surface area contributed by atoms with E-state index in [1.165, 1.54) is 24.3 Å². The van der Waals surface area contributed by atoms with Gasteiger partial charge in [0.1, 0.15) is 0 Å². The average Bonchev–Trinajstić information content (AvgIpc) is 2.52. The van der Waals surface area contributed by atoms with E-state index in [0.29, 0.717) is 12.1 Å². The Morgan fingerprint density at radius 1 is 1.09 bits per heavy atom. The molecule has 0 aliphatic rings. The van der Waals surface area contributed by atoms with E-state index in [0.717, 1.165) is 5.56 Å². The SMILES string of the molecule is CC(C)NS(=O)(=O)c1ccc(C(=O)NCc2ccncc2)cc1. The second-order valence-corrected chi connectivity index (χ2v) is 7.05. The van der Waals surface area contributed by atoms with Crippen LogP contribution in [0, 0.1) is 0 Å². The maximum Gasteiger partial charge on any atom is 0.251 e. The van der Waals surface area contributed by atoms with Gasteiger partial charge in [-0.15, -0.1) is 0 Å². The number of pyridine rings is 1. The maximum absolute atomic E-state index is 12.1. The van der Waals surface area contributed by atoms with Gasteiger partial charge in [-0.25, -0.2) is 13.1 Å². The van der Waals surface area contributed by atoms with E-state index in [-0.39, 0.29) is 16.8 Å². The zero-order chi connectivity index (χ0) is 16.9. The highest BCUT2D eigenvalue weighted by molar-refractivity contribution is 7.89. The van der Waals surface area contributed by atoms with E-state index >= 15 is 0 Å². The Morgan fingerprint density at radius 2 is 1.70 bits per heavy atom. The molecule has 0 aliphatic heterocycles. The molecule has 0 radical (unpaired) electrons. The minimum absolute atomic E-state index is 0.136. The summed E-state index contributed by atoms with van der Waals surface area (Å²) in [6.45, 7) is 3.88. The molecule has 0 saturated heterocycles. The van der Waals surface area contributed by atoms with Gasteiger partial charge < -0.3 is 5.32 Å². The Balaban J connectivity index is 2.03. The molecule has 7 heteroatoms. The number of sulfonamides is 1. The van der Waals surface area contributed by atoms with Crippen molar-refractivity contribution >= 4 is 15.9 Å². The highest BCUT2D eigenvalue weighted by atomic mass is 32.2. The zero-order valence-corrected chi connectivity index (χ0v) is 13.8. The monoisotopic (exact) mass is 333 g/mol. The van der Waals surface area contributed by atoms with Crippen molar-refractivity contribution in [3.05, 3.63) is 59.9 Å². The van der Waals surface area contributed by atoms with Crippen molar-refractivity contribution in [1.82, 2.24) is 15.0 Å². The van der Waals surface area contributed by atoms with Crippen LogP contribution in [0.3, 0.4) is 0 Å². The number of hydrogen-bond acceptors (Lipinski definition) is 4. The first-order valence-electron chi connectivity index (χ1n) is 7.18. The van der Waals surface area contributed by atoms with E-state index in [1.54, 1.807) is 26.2 Å². The summed E-state index contributed by atoms with van der Waals surface area (Å²) in [6.07, 6.45) is 3.31. The number of hydrogen-bond donors (Lipinski definition) is 2. The smallest absolute Gasteiger partial charge is 0.251 e. The van der Waals surface area contributed by atoms with Crippen LogP contribution in [0.5, 0.6) is 0 Å². The van der Waals surface area contributed by atoms with Gasteiger partial charge in [0.25, 0.3) is 5.91 Å². The first-order chi connectivity index (χ1) is 10.9. The molecule has 0 bridgehead atoms. The van der Waals surface area contributed by atoms with E-state index in [9.17, 15) is 13.2 Å². The summed E-state index contributed by atoms with van der Waals surface area (Å²) < 4.78 is 26.5. The molecule has 23 heavy (non-hydrogen) atoms. The van der Waals surface area contributed by atoms with Crippen LogP contribution in [0.15, 0.2) is 53.7 Å². The van der Waals surface area contributed by atoms with Crippen molar-refractivity contribution in [2.24, 2.45) is 0 Å². The fraction of sp³-hybridized carbons (Fsp3) is 0.250. The third kappa shape index (κ3) is 4.87. The molecule has 2 N–H and O–H groups in total. The third-order valence-corrected chi connectivity index (χ3v) is 4.69. The molecule has 1 aromatic heterocycles. The number of amides is 1. The summed E-state index contributed by atoms with van der Waals surface area (Å²) in [4.78, 5) is 16.1. The van der Waals surface area contributed by atoms with Crippen LogP contribution in [0.2, 0.25) is 0 Å². The molecule has 0 aliphatic carbocycles. The molecule has 0 atom stereocenters. The molecule has 2 aromatic rings. The Labute approximate surface area is 136 Å². The predicted octanol–water partition coefficient (Wildman–Crippen LogP) is 1.70. The van der Waals surface area contributed by atoms with Gasteiger partial charge in [-0.3, -0.25) is 9.78 Å². The van der Waals surface area contributed by atoms with Gasteiger partial charge in [0.05, 0.1) is 4.90 Å². The molecular formula is C16H19N3O3S. The Kier molecular flexibility index (Phi) is 5.46. The van der Waals surface area contributed by atoms with Crippen LogP contribution in [0.1, 0.15) is 29.8 Å². The summed E-state index contributed by atoms with van der Waals surface area (Å²) >= 11 is 0. The lowest BCUT2D eigenvalue weighted by molar-refractivity contribution is 0.0951. The highest BCUT2D eigenvalue weighted by Gasteiger charge is 2.15. The van der Waals surface area contributed by atoms with E-state index in [4.69, 9.17) is 0 Å². The van der Waals surface area contributed by atoms with Crippen LogP contribution in [0.4, 0.5) is 0 Å². The zero-order valence-electron chi connectivity index (χ0n) is 13.0. The maximum atomic E-state index is 12.1. The standard InChI is InChI=1S/C16H19N3O3S/c1-12(2)19-23(21,22)15-5-3-14(4-6-15)16(20)18-11-13-7-9-17-10-8-13/h3-10,12,19H,11H2,1-2H3,(H,18,20). The number of rotatable bonds is 6. The van der Waals surface area contributed by atoms with Gasteiger partial charge >= 0.3 is 0 Å². The van der Waals surface area contributed by atoms with Crippen molar-refractivity contribution < 1.29 is 13.2 Å². The molecule has 122 valence electrons. The Hall–Kier alpha value is -2.25. The van der Waals surface area contributed by atoms with Crippen LogP contribution >= 0.6 is 0 Å². The van der Waals surface area contributed by atoms with Crippen LogP contribution in [-0.4, -0.2) is 25.4 Å². The molecule has 0 spiro atoms. The summed E-state index contributed by atoms with van der Waals surface area (Å²) in [5.74, 6) is -0.262. The van der Waals surface area contributed by atoms with Crippen LogP contribution in [0.25, 0.3) is 0 Å². The number of carbonyl (C=O) groups excluding carboxylic acids is 1. The minimum Gasteiger partial charge on any atom is -0.348 e. The van der Waals surface area contributed by atoms with Gasteiger partial charge in [0.15, 0.2) is 0 Å². The lowest BCUT2D eigenvalue weighted by atomic mass is 10.2. The van der Waals surface area contributed by atoms with Crippen molar-refractivity contribution in [3.8, 4) is 0 Å². The average molecular weight is 333 g/mol. The molecular weight excluding hydrogens is 314 g/mol. The van der Waals surface area contributed by atoms with Gasteiger partial charge in [-0.2, -0.15) is 0 Å². The molecule has 1 heterocycles. The molecule has 1 amide bonds. The second kappa shape index (κ2) is 7.34. The fourth-order valence-corrected chi connectivity index (χ4v) is 3.20. The topological polar surface area (TPSA) is 88.2 Å². The van der Waals surface area contributed by atoms with Gasteiger partial charge in [0.2, 0.25) is 10.0 Å². The molecule has 0 unspecified atom stereocenters. The summed E-state index contributed by atoms with van der Waals surface area (Å²) in [6, 6.07) is 9.27. The predicted molar refractivity (Wildman–Crippen MR) is 87.3 cm³/mol. The minimum atomic E-state index is -3.55. The van der Waals surface area contributed by atoms with E-state index < -0.39 is 10.0 Å².